The summed E-state index contributed by atoms with van der Waals surface area (Å²) in [5, 5.41) is 22.5. The number of hydrogen-bond donors (Lipinski definition) is 2. The van der Waals surface area contributed by atoms with Crippen molar-refractivity contribution in [3.8, 4) is 0 Å². The zero-order valence-corrected chi connectivity index (χ0v) is 20.3. The molecule has 8 nitrogen and oxygen atoms in total. The van der Waals surface area contributed by atoms with Gasteiger partial charge in [-0.15, -0.1) is 0 Å². The van der Waals surface area contributed by atoms with Crippen LogP contribution in [0.5, 0.6) is 0 Å². The van der Waals surface area contributed by atoms with Gasteiger partial charge in [-0.2, -0.15) is 10.2 Å². The number of halogens is 1. The van der Waals surface area contributed by atoms with Gasteiger partial charge in [0.05, 0.1) is 29.4 Å². The molecule has 1 aliphatic heterocycles. The van der Waals surface area contributed by atoms with Gasteiger partial charge in [0, 0.05) is 37.0 Å². The lowest BCUT2D eigenvalue weighted by molar-refractivity contribution is -0.104. The summed E-state index contributed by atoms with van der Waals surface area (Å²) in [5.41, 5.74) is 2.76. The molecule has 9 heteroatoms. The van der Waals surface area contributed by atoms with E-state index in [4.69, 9.17) is 11.6 Å². The number of likely N-dealkylation sites (tertiary alicyclic amines) is 1. The zero-order valence-electron chi connectivity index (χ0n) is 19.6. The number of nitrogens with one attached hydrogen (secondary N) is 1. The number of aromatic nitrogens is 4. The molecule has 1 aromatic carbocycles. The van der Waals surface area contributed by atoms with Crippen LogP contribution in [0.3, 0.4) is 0 Å². The van der Waals surface area contributed by atoms with Gasteiger partial charge in [0.15, 0.2) is 0 Å². The van der Waals surface area contributed by atoms with Crippen molar-refractivity contribution in [2.75, 3.05) is 26.2 Å². The number of nitrogens with zero attached hydrogens (tertiary/aromatic N) is 4. The summed E-state index contributed by atoms with van der Waals surface area (Å²) in [6, 6.07) is 3.71. The maximum absolute atomic E-state index is 12.6. The Morgan fingerprint density at radius 3 is 2.76 bits per heavy atom. The van der Waals surface area contributed by atoms with Crippen molar-refractivity contribution >= 4 is 22.4 Å². The highest BCUT2D eigenvalue weighted by Crippen LogP contribution is 2.56. The lowest BCUT2D eigenvalue weighted by Gasteiger charge is -2.61. The molecule has 2 fully saturated rings. The summed E-state index contributed by atoms with van der Waals surface area (Å²) < 4.78 is 1.29. The Labute approximate surface area is 202 Å². The number of hydrogen-bond acceptors (Lipinski definition) is 6. The fourth-order valence-electron chi connectivity index (χ4n) is 6.05. The van der Waals surface area contributed by atoms with Gasteiger partial charge >= 0.3 is 0 Å². The van der Waals surface area contributed by atoms with E-state index in [-0.39, 0.29) is 23.6 Å². The Bertz CT molecular complexity index is 1340. The Hall–Kier alpha value is -2.55. The minimum absolute atomic E-state index is 0.0278. The average Bonchev–Trinajstić information content (AvgIpc) is 2.76. The first-order chi connectivity index (χ1) is 16.3. The molecule has 0 unspecified atom stereocenters. The molecule has 1 saturated carbocycles. The number of benzene rings is 1. The number of aryl methyl sites for hydroxylation is 2. The normalized spacial score (nSPS) is 18.7. The second-order valence-corrected chi connectivity index (χ2v) is 10.5. The summed E-state index contributed by atoms with van der Waals surface area (Å²) in [6.07, 6.45) is 7.47. The van der Waals surface area contributed by atoms with Crippen LogP contribution >= 0.6 is 11.6 Å². The SMILES string of the molecule is Cc1c(CCCN2CC3(CC([C@H](CO)c4ccc(Cl)c5c(=O)n(C)ncc45)C3)C2)cn[nH]c1=O. The van der Waals surface area contributed by atoms with E-state index in [1.54, 1.807) is 25.5 Å². The molecule has 5 rings (SSSR count). The maximum Gasteiger partial charge on any atom is 0.275 e. The average molecular weight is 484 g/mol. The van der Waals surface area contributed by atoms with E-state index in [2.05, 4.69) is 20.2 Å². The molecule has 1 saturated heterocycles. The van der Waals surface area contributed by atoms with Crippen LogP contribution in [0.2, 0.25) is 5.02 Å². The lowest BCUT2D eigenvalue weighted by atomic mass is 9.54. The Kier molecular flexibility index (Phi) is 6.08. The first kappa shape index (κ1) is 23.2. The molecule has 1 spiro atoms. The summed E-state index contributed by atoms with van der Waals surface area (Å²) in [6.45, 7) is 5.06. The molecular formula is C25H30ClN5O3. The van der Waals surface area contributed by atoms with Crippen LogP contribution in [-0.4, -0.2) is 56.2 Å². The van der Waals surface area contributed by atoms with E-state index < -0.39 is 0 Å². The second kappa shape index (κ2) is 8.91. The van der Waals surface area contributed by atoms with Gasteiger partial charge in [-0.05, 0) is 67.7 Å². The quantitative estimate of drug-likeness (QED) is 0.534. The third-order valence-corrected chi connectivity index (χ3v) is 8.21. The molecule has 34 heavy (non-hydrogen) atoms. The third-order valence-electron chi connectivity index (χ3n) is 7.90. The van der Waals surface area contributed by atoms with Crippen LogP contribution in [0.25, 0.3) is 10.8 Å². The number of aromatic amines is 1. The van der Waals surface area contributed by atoms with Crippen LogP contribution in [0, 0.1) is 18.3 Å². The molecule has 2 aliphatic rings. The molecule has 2 N–H and O–H groups in total. The second-order valence-electron chi connectivity index (χ2n) is 10.1. The Morgan fingerprint density at radius 2 is 2.03 bits per heavy atom. The smallest absolute Gasteiger partial charge is 0.275 e. The van der Waals surface area contributed by atoms with Crippen LogP contribution in [0.4, 0.5) is 0 Å². The number of rotatable bonds is 7. The van der Waals surface area contributed by atoms with Gasteiger partial charge < -0.3 is 10.0 Å². The summed E-state index contributed by atoms with van der Waals surface area (Å²) in [4.78, 5) is 26.8. The van der Waals surface area contributed by atoms with E-state index in [0.717, 1.165) is 67.4 Å². The van der Waals surface area contributed by atoms with Crippen molar-refractivity contribution in [2.45, 2.75) is 38.5 Å². The van der Waals surface area contributed by atoms with Crippen molar-refractivity contribution < 1.29 is 5.11 Å². The summed E-state index contributed by atoms with van der Waals surface area (Å²) in [7, 11) is 1.61. The molecule has 2 aromatic heterocycles. The summed E-state index contributed by atoms with van der Waals surface area (Å²) in [5.74, 6) is 0.352. The number of H-pyrrole nitrogens is 1. The fraction of sp³-hybridized carbons (Fsp3) is 0.520. The number of fused-ring (bicyclic) bond motifs is 1. The van der Waals surface area contributed by atoms with Crippen molar-refractivity contribution in [2.24, 2.45) is 18.4 Å². The fourth-order valence-corrected chi connectivity index (χ4v) is 6.29. The molecule has 3 heterocycles. The van der Waals surface area contributed by atoms with Crippen LogP contribution in [0.15, 0.2) is 34.1 Å². The lowest BCUT2D eigenvalue weighted by Crippen LogP contribution is -2.63. The highest BCUT2D eigenvalue weighted by Gasteiger charge is 2.53. The van der Waals surface area contributed by atoms with Crippen molar-refractivity contribution in [1.29, 1.82) is 0 Å². The molecule has 1 aliphatic carbocycles. The molecule has 3 aromatic rings. The van der Waals surface area contributed by atoms with E-state index in [1.165, 1.54) is 4.68 Å². The first-order valence-corrected chi connectivity index (χ1v) is 12.2. The van der Waals surface area contributed by atoms with E-state index in [1.807, 2.05) is 13.0 Å². The third kappa shape index (κ3) is 3.97. The van der Waals surface area contributed by atoms with Gasteiger partial charge in [-0.1, -0.05) is 17.7 Å². The molecule has 1 atom stereocenters. The molecule has 0 amide bonds. The predicted octanol–water partition coefficient (Wildman–Crippen LogP) is 2.40. The number of aliphatic hydroxyl groups is 1. The van der Waals surface area contributed by atoms with E-state index in [0.29, 0.717) is 21.7 Å². The van der Waals surface area contributed by atoms with Crippen LogP contribution in [0.1, 0.15) is 41.9 Å². The largest absolute Gasteiger partial charge is 0.396 e. The van der Waals surface area contributed by atoms with E-state index >= 15 is 0 Å². The molecule has 0 radical (unpaired) electrons. The topological polar surface area (TPSA) is 104 Å². The maximum atomic E-state index is 12.6. The molecule has 0 bridgehead atoms. The molecule has 180 valence electrons. The van der Waals surface area contributed by atoms with Gasteiger partial charge in [0.1, 0.15) is 0 Å². The minimum Gasteiger partial charge on any atom is -0.396 e. The van der Waals surface area contributed by atoms with Crippen molar-refractivity contribution in [3.63, 3.8) is 0 Å². The predicted molar refractivity (Wildman–Crippen MR) is 131 cm³/mol. The van der Waals surface area contributed by atoms with Gasteiger partial charge in [0.2, 0.25) is 0 Å². The molecular weight excluding hydrogens is 454 g/mol. The van der Waals surface area contributed by atoms with E-state index in [9.17, 15) is 14.7 Å². The first-order valence-electron chi connectivity index (χ1n) is 11.8. The van der Waals surface area contributed by atoms with Crippen molar-refractivity contribution in [1.82, 2.24) is 24.9 Å². The number of aliphatic hydroxyl groups excluding tert-OH is 1. The highest BCUT2D eigenvalue weighted by molar-refractivity contribution is 6.35. The Morgan fingerprint density at radius 1 is 1.26 bits per heavy atom. The zero-order chi connectivity index (χ0) is 24.0. The van der Waals surface area contributed by atoms with Gasteiger partial charge in [0.25, 0.3) is 11.1 Å². The highest BCUT2D eigenvalue weighted by atomic mass is 35.5. The Balaban J connectivity index is 1.20. The van der Waals surface area contributed by atoms with Gasteiger partial charge in [-0.3, -0.25) is 9.59 Å². The van der Waals surface area contributed by atoms with Crippen LogP contribution < -0.4 is 11.1 Å². The standard InChI is InChI=1S/C25H30ClN5O3/c1-15-16(10-27-29-23(15)33)4-3-7-31-13-25(14-31)8-17(9-25)20(12-32)18-5-6-21(26)22-19(18)11-28-30(2)24(22)34/h5-6,10-11,17,20,32H,3-4,7-9,12-14H2,1-2H3,(H,29,33)/t20-/m0/s1. The minimum atomic E-state index is -0.216. The monoisotopic (exact) mass is 483 g/mol. The van der Waals surface area contributed by atoms with Crippen molar-refractivity contribution in [3.05, 3.63) is 66.9 Å². The van der Waals surface area contributed by atoms with Gasteiger partial charge in [-0.25, -0.2) is 9.78 Å². The summed E-state index contributed by atoms with van der Waals surface area (Å²) >= 11 is 6.34. The van der Waals surface area contributed by atoms with Crippen LogP contribution in [-0.2, 0) is 13.5 Å².